The van der Waals surface area contributed by atoms with Crippen LogP contribution in [0.25, 0.3) is 0 Å². The van der Waals surface area contributed by atoms with Gasteiger partial charge in [0.05, 0.1) is 18.1 Å². The van der Waals surface area contributed by atoms with Crippen LogP contribution in [0.3, 0.4) is 0 Å². The Morgan fingerprint density at radius 1 is 1.35 bits per heavy atom. The number of sulfone groups is 1. The largest absolute Gasteiger partial charge is 0.375 e. The van der Waals surface area contributed by atoms with Crippen LogP contribution in [0.1, 0.15) is 6.42 Å². The molecule has 1 atom stereocenters. The number of anilines is 1. The van der Waals surface area contributed by atoms with Gasteiger partial charge in [0.25, 0.3) is 0 Å². The molecule has 1 amide bonds. The first-order valence-corrected chi connectivity index (χ1v) is 9.45. The number of carbonyl (C=O) groups excluding carboxylic acids is 1. The lowest BCUT2D eigenvalue weighted by atomic mass is 10.2. The number of nitrogens with one attached hydrogen (secondary N) is 2. The maximum absolute atomic E-state index is 11.8. The first kappa shape index (κ1) is 15.8. The lowest BCUT2D eigenvalue weighted by Crippen LogP contribution is -2.39. The molecule has 0 aliphatic carbocycles. The summed E-state index contributed by atoms with van der Waals surface area (Å²) in [5.74, 6) is -0.00779. The minimum absolute atomic E-state index is 0.0424. The van der Waals surface area contributed by atoms with E-state index in [9.17, 15) is 13.2 Å². The molecule has 110 valence electrons. The van der Waals surface area contributed by atoms with Gasteiger partial charge in [-0.2, -0.15) is 0 Å². The highest BCUT2D eigenvalue weighted by molar-refractivity contribution is 9.11. The minimum Gasteiger partial charge on any atom is -0.375 e. The highest BCUT2D eigenvalue weighted by Crippen LogP contribution is 2.25. The first-order chi connectivity index (χ1) is 9.35. The van der Waals surface area contributed by atoms with Crippen LogP contribution in [0.15, 0.2) is 27.1 Å². The van der Waals surface area contributed by atoms with E-state index in [1.165, 1.54) is 0 Å². The molecule has 0 saturated carbocycles. The summed E-state index contributed by atoms with van der Waals surface area (Å²) in [6.45, 7) is 0.108. The summed E-state index contributed by atoms with van der Waals surface area (Å²) in [7, 11) is -2.97. The second-order valence-electron chi connectivity index (χ2n) is 4.65. The van der Waals surface area contributed by atoms with E-state index < -0.39 is 9.84 Å². The summed E-state index contributed by atoms with van der Waals surface area (Å²) in [5.41, 5.74) is 0.808. The van der Waals surface area contributed by atoms with Crippen molar-refractivity contribution in [1.29, 1.82) is 0 Å². The zero-order valence-electron chi connectivity index (χ0n) is 10.5. The molecule has 1 heterocycles. The van der Waals surface area contributed by atoms with Crippen LogP contribution in [0.2, 0.25) is 0 Å². The van der Waals surface area contributed by atoms with Crippen LogP contribution >= 0.6 is 31.9 Å². The van der Waals surface area contributed by atoms with Crippen LogP contribution in [0, 0.1) is 0 Å². The number of amides is 1. The second-order valence-corrected chi connectivity index (χ2v) is 8.64. The van der Waals surface area contributed by atoms with Crippen LogP contribution in [0.4, 0.5) is 5.69 Å². The van der Waals surface area contributed by atoms with E-state index in [0.29, 0.717) is 6.42 Å². The molecule has 0 spiro atoms. The molecule has 1 saturated heterocycles. The number of halogens is 2. The third-order valence-electron chi connectivity index (χ3n) is 2.97. The minimum atomic E-state index is -2.97. The Bertz CT molecular complexity index is 619. The van der Waals surface area contributed by atoms with Gasteiger partial charge < -0.3 is 10.6 Å². The predicted octanol–water partition coefficient (Wildman–Crippen LogP) is 1.93. The maximum atomic E-state index is 11.8. The summed E-state index contributed by atoms with van der Waals surface area (Å²) in [5, 5.41) is 5.74. The number of hydrogen-bond donors (Lipinski definition) is 2. The van der Waals surface area contributed by atoms with Crippen LogP contribution in [-0.2, 0) is 14.6 Å². The fourth-order valence-electron chi connectivity index (χ4n) is 2.00. The van der Waals surface area contributed by atoms with Crippen LogP contribution in [-0.4, -0.2) is 38.4 Å². The summed E-state index contributed by atoms with van der Waals surface area (Å²) >= 11 is 6.75. The number of carbonyl (C=O) groups is 1. The van der Waals surface area contributed by atoms with Gasteiger partial charge in [-0.3, -0.25) is 4.79 Å². The molecule has 1 aliphatic rings. The molecule has 1 aromatic rings. The fraction of sp³-hybridized carbons (Fsp3) is 0.417. The molecule has 0 aromatic heterocycles. The van der Waals surface area contributed by atoms with E-state index in [-0.39, 0.29) is 30.0 Å². The molecule has 1 unspecified atom stereocenters. The normalized spacial score (nSPS) is 20.6. The molecule has 2 rings (SSSR count). The van der Waals surface area contributed by atoms with E-state index in [2.05, 4.69) is 42.5 Å². The van der Waals surface area contributed by atoms with Crippen molar-refractivity contribution in [3.05, 3.63) is 27.1 Å². The number of benzene rings is 1. The van der Waals surface area contributed by atoms with Crippen molar-refractivity contribution in [1.82, 2.24) is 5.32 Å². The Balaban J connectivity index is 1.84. The van der Waals surface area contributed by atoms with Crippen molar-refractivity contribution in [3.63, 3.8) is 0 Å². The summed E-state index contributed by atoms with van der Waals surface area (Å²) in [6.07, 6.45) is 0.496. The Morgan fingerprint density at radius 2 is 2.10 bits per heavy atom. The van der Waals surface area contributed by atoms with Crippen molar-refractivity contribution >= 4 is 53.3 Å². The highest BCUT2D eigenvalue weighted by Gasteiger charge is 2.28. The Morgan fingerprint density at radius 3 is 2.70 bits per heavy atom. The van der Waals surface area contributed by atoms with Gasteiger partial charge in [-0.1, -0.05) is 15.9 Å². The zero-order chi connectivity index (χ0) is 14.8. The van der Waals surface area contributed by atoms with Gasteiger partial charge in [0.2, 0.25) is 5.91 Å². The van der Waals surface area contributed by atoms with Gasteiger partial charge in [0.15, 0.2) is 9.84 Å². The Labute approximate surface area is 134 Å². The van der Waals surface area contributed by atoms with Crippen molar-refractivity contribution < 1.29 is 13.2 Å². The number of hydrogen-bond acceptors (Lipinski definition) is 4. The third kappa shape index (κ3) is 4.46. The smallest absolute Gasteiger partial charge is 0.239 e. The molecular weight excluding hydrogens is 412 g/mol. The van der Waals surface area contributed by atoms with Gasteiger partial charge in [0, 0.05) is 20.7 Å². The fourth-order valence-corrected chi connectivity index (χ4v) is 4.86. The van der Waals surface area contributed by atoms with Gasteiger partial charge in [-0.05, 0) is 40.5 Å². The lowest BCUT2D eigenvalue weighted by molar-refractivity contribution is -0.119. The van der Waals surface area contributed by atoms with Crippen molar-refractivity contribution in [2.24, 2.45) is 0 Å². The second kappa shape index (κ2) is 6.44. The topological polar surface area (TPSA) is 75.3 Å². The molecule has 0 bridgehead atoms. The Hall–Kier alpha value is -0.600. The standard InChI is InChI=1S/C12H14Br2N2O3S/c13-8-1-2-11(10(14)5-8)15-6-12(17)16-9-3-4-20(18,19)7-9/h1-2,5,9,15H,3-4,6-7H2,(H,16,17). The van der Waals surface area contributed by atoms with Gasteiger partial charge in [-0.15, -0.1) is 0 Å². The zero-order valence-corrected chi connectivity index (χ0v) is 14.5. The third-order valence-corrected chi connectivity index (χ3v) is 5.89. The molecule has 2 N–H and O–H groups in total. The quantitative estimate of drug-likeness (QED) is 0.772. The van der Waals surface area contributed by atoms with E-state index in [1.54, 1.807) is 0 Å². The molecule has 1 fully saturated rings. The van der Waals surface area contributed by atoms with E-state index in [0.717, 1.165) is 14.6 Å². The highest BCUT2D eigenvalue weighted by atomic mass is 79.9. The summed E-state index contributed by atoms with van der Waals surface area (Å²) in [6, 6.07) is 5.34. The molecule has 0 radical (unpaired) electrons. The van der Waals surface area contributed by atoms with Crippen molar-refractivity contribution in [2.45, 2.75) is 12.5 Å². The van der Waals surface area contributed by atoms with Crippen molar-refractivity contribution in [2.75, 3.05) is 23.4 Å². The Kier molecular flexibility index (Phi) is 5.09. The number of rotatable bonds is 4. The molecular formula is C12H14Br2N2O3S. The van der Waals surface area contributed by atoms with Crippen molar-refractivity contribution in [3.8, 4) is 0 Å². The van der Waals surface area contributed by atoms with E-state index in [1.807, 2.05) is 18.2 Å². The molecule has 1 aliphatic heterocycles. The lowest BCUT2D eigenvalue weighted by Gasteiger charge is -2.12. The van der Waals surface area contributed by atoms with Crippen LogP contribution < -0.4 is 10.6 Å². The van der Waals surface area contributed by atoms with E-state index >= 15 is 0 Å². The molecule has 20 heavy (non-hydrogen) atoms. The van der Waals surface area contributed by atoms with Crippen LogP contribution in [0.5, 0.6) is 0 Å². The van der Waals surface area contributed by atoms with Gasteiger partial charge in [-0.25, -0.2) is 8.42 Å². The summed E-state index contributed by atoms with van der Waals surface area (Å²) in [4.78, 5) is 11.8. The average molecular weight is 426 g/mol. The van der Waals surface area contributed by atoms with E-state index in [4.69, 9.17) is 0 Å². The average Bonchev–Trinajstić information content (AvgIpc) is 2.67. The molecule has 5 nitrogen and oxygen atoms in total. The molecule has 1 aromatic carbocycles. The first-order valence-electron chi connectivity index (χ1n) is 6.04. The SMILES string of the molecule is O=C(CNc1ccc(Br)cc1Br)NC1CCS(=O)(=O)C1. The van der Waals surface area contributed by atoms with Gasteiger partial charge in [0.1, 0.15) is 0 Å². The van der Waals surface area contributed by atoms with Gasteiger partial charge >= 0.3 is 0 Å². The monoisotopic (exact) mass is 424 g/mol. The summed E-state index contributed by atoms with van der Waals surface area (Å²) < 4.78 is 24.4. The molecule has 8 heteroatoms. The maximum Gasteiger partial charge on any atom is 0.239 e. The predicted molar refractivity (Wildman–Crippen MR) is 85.5 cm³/mol.